The van der Waals surface area contributed by atoms with E-state index in [0.717, 1.165) is 0 Å². The molecule has 0 spiro atoms. The smallest absolute Gasteiger partial charge is 0.308 e. The van der Waals surface area contributed by atoms with Gasteiger partial charge in [0, 0.05) is 30.0 Å². The molecule has 0 atom stereocenters. The Balaban J connectivity index is 1.92. The van der Waals surface area contributed by atoms with Crippen LogP contribution in [0.3, 0.4) is 0 Å². The summed E-state index contributed by atoms with van der Waals surface area (Å²) in [5, 5.41) is 9.45. The van der Waals surface area contributed by atoms with E-state index in [1.165, 1.54) is 0 Å². The summed E-state index contributed by atoms with van der Waals surface area (Å²) < 4.78 is 102. The van der Waals surface area contributed by atoms with Gasteiger partial charge < -0.3 is 36.2 Å². The van der Waals surface area contributed by atoms with E-state index in [0.29, 0.717) is 27.5 Å². The summed E-state index contributed by atoms with van der Waals surface area (Å²) in [4.78, 5) is 8.08. The third kappa shape index (κ3) is 16.2. The maximum atomic E-state index is 13.6. The average Bonchev–Trinajstić information content (AvgIpc) is 3.78. The maximum Gasteiger partial charge on any atom is 0.344 e. The lowest BCUT2D eigenvalue weighted by Gasteiger charge is -2.29. The predicted molar refractivity (Wildman–Crippen MR) is 220 cm³/mol. The highest BCUT2D eigenvalue weighted by Gasteiger charge is 2.35. The third-order valence-corrected chi connectivity index (χ3v) is 16.0. The normalized spacial score (nSPS) is 13.0. The molecule has 0 bridgehead atoms. The molecule has 3 heterocycles. The van der Waals surface area contributed by atoms with Crippen LogP contribution in [0.15, 0.2) is 41.1 Å². The number of nitrogens with zero attached hydrogens (tertiary/aromatic N) is 7. The Kier molecular flexibility index (Phi) is 21.1. The lowest BCUT2D eigenvalue weighted by molar-refractivity contribution is 0.179. The van der Waals surface area contributed by atoms with Crippen LogP contribution in [0.25, 0.3) is 11.6 Å². The van der Waals surface area contributed by atoms with Crippen molar-refractivity contribution in [1.82, 2.24) is 34.3 Å². The fourth-order valence-corrected chi connectivity index (χ4v) is 13.2. The molecule has 3 rings (SSSR count). The molecular formula is C33H58BrN7O12P4. The first-order valence-electron chi connectivity index (χ1n) is 18.9. The van der Waals surface area contributed by atoms with Crippen LogP contribution in [0.4, 0.5) is 0 Å². The van der Waals surface area contributed by atoms with Gasteiger partial charge in [-0.2, -0.15) is 10.2 Å². The number of hydrogen-bond donors (Lipinski definition) is 0. The summed E-state index contributed by atoms with van der Waals surface area (Å²) in [7, 11) is -14.4. The van der Waals surface area contributed by atoms with Crippen molar-refractivity contribution in [3.8, 4) is 11.6 Å². The first kappa shape index (κ1) is 49.9. The molecule has 57 heavy (non-hydrogen) atoms. The highest BCUT2D eigenvalue weighted by molar-refractivity contribution is 9.10. The lowest BCUT2D eigenvalue weighted by atomic mass is 10.4. The molecule has 0 saturated carbocycles. The van der Waals surface area contributed by atoms with E-state index in [-0.39, 0.29) is 91.1 Å². The zero-order valence-corrected chi connectivity index (χ0v) is 39.2. The van der Waals surface area contributed by atoms with Gasteiger partial charge in [-0.1, -0.05) is 15.9 Å². The van der Waals surface area contributed by atoms with Crippen LogP contribution in [-0.4, -0.2) is 112 Å². The second kappa shape index (κ2) is 24.1. The summed E-state index contributed by atoms with van der Waals surface area (Å²) in [5.74, 6) is 0.895. The highest BCUT2D eigenvalue weighted by atomic mass is 79.9. The molecule has 0 fully saturated rings. The molecule has 0 unspecified atom stereocenters. The Morgan fingerprint density at radius 1 is 0.509 bits per heavy atom. The van der Waals surface area contributed by atoms with Crippen LogP contribution in [-0.2, 0) is 67.5 Å². The minimum absolute atomic E-state index is 0.111. The first-order valence-corrected chi connectivity index (χ1v) is 26.6. The van der Waals surface area contributed by atoms with Crippen molar-refractivity contribution in [2.24, 2.45) is 0 Å². The molecule has 0 radical (unpaired) electrons. The summed E-state index contributed by atoms with van der Waals surface area (Å²) in [6.07, 6.45) is 2.75. The molecule has 19 nitrogen and oxygen atoms in total. The molecule has 3 aromatic heterocycles. The molecule has 24 heteroatoms. The summed E-state index contributed by atoms with van der Waals surface area (Å²) >= 11 is 3.58. The van der Waals surface area contributed by atoms with Crippen LogP contribution < -0.4 is 0 Å². The Bertz CT molecular complexity index is 1640. The molecule has 0 aromatic carbocycles. The number of halogens is 1. The number of pyridine rings is 1. The van der Waals surface area contributed by atoms with Gasteiger partial charge in [0.05, 0.1) is 64.2 Å². The minimum Gasteiger partial charge on any atom is -0.308 e. The Morgan fingerprint density at radius 2 is 0.772 bits per heavy atom. The highest BCUT2D eigenvalue weighted by Crippen LogP contribution is 2.54. The van der Waals surface area contributed by atoms with E-state index < -0.39 is 30.4 Å². The van der Waals surface area contributed by atoms with E-state index in [4.69, 9.17) is 51.4 Å². The Labute approximate surface area is 344 Å². The van der Waals surface area contributed by atoms with Gasteiger partial charge in [0.2, 0.25) is 0 Å². The standard InChI is InChI=1S/C33H58BrN7O12P4/c1-9-46-54(42,47-10-2)25-38(26-55(43,48-11-3)49-12-4)23-30-17-19-40(36-30)32-21-29(34)22-33(35-32)41-20-18-31(37-41)24-39(27-56(44,50-13-5)51-14-6)28-57(45,52-15-7)53-16-8/h17-22H,9-16,23-28H2,1-8H3. The van der Waals surface area contributed by atoms with E-state index >= 15 is 0 Å². The Morgan fingerprint density at radius 3 is 1.02 bits per heavy atom. The average molecular weight is 949 g/mol. The molecule has 0 aliphatic carbocycles. The van der Waals surface area contributed by atoms with E-state index in [1.54, 1.807) is 111 Å². The van der Waals surface area contributed by atoms with Crippen LogP contribution in [0.2, 0.25) is 0 Å². The van der Waals surface area contributed by atoms with Crippen molar-refractivity contribution < 1.29 is 54.5 Å². The van der Waals surface area contributed by atoms with Gasteiger partial charge in [-0.05, 0) is 79.7 Å². The van der Waals surface area contributed by atoms with Crippen molar-refractivity contribution in [2.45, 2.75) is 68.5 Å². The molecular weight excluding hydrogens is 890 g/mol. The van der Waals surface area contributed by atoms with Crippen molar-refractivity contribution in [2.75, 3.05) is 78.0 Å². The van der Waals surface area contributed by atoms with Crippen molar-refractivity contribution in [3.05, 3.63) is 52.5 Å². The molecule has 0 saturated heterocycles. The van der Waals surface area contributed by atoms with Crippen LogP contribution in [0.5, 0.6) is 0 Å². The summed E-state index contributed by atoms with van der Waals surface area (Å²) in [6.45, 7) is 15.3. The molecule has 0 aliphatic heterocycles. The lowest BCUT2D eigenvalue weighted by Crippen LogP contribution is -2.28. The minimum atomic E-state index is -3.60. The monoisotopic (exact) mass is 947 g/mol. The number of hydrogen-bond acceptors (Lipinski definition) is 17. The second-order valence-electron chi connectivity index (χ2n) is 12.0. The van der Waals surface area contributed by atoms with Gasteiger partial charge in [-0.25, -0.2) is 14.3 Å². The first-order chi connectivity index (χ1) is 27.1. The summed E-state index contributed by atoms with van der Waals surface area (Å²) in [6, 6.07) is 7.08. The second-order valence-corrected chi connectivity index (χ2v) is 21.0. The van der Waals surface area contributed by atoms with E-state index in [2.05, 4.69) is 15.9 Å². The van der Waals surface area contributed by atoms with E-state index in [1.807, 2.05) is 0 Å². The van der Waals surface area contributed by atoms with E-state index in [9.17, 15) is 18.3 Å². The SMILES string of the molecule is CCOP(=O)(CN(Cc1ccn(-c2cc(Br)cc(-n3ccc(CN(CP(=O)(OCC)OCC)CP(=O)(OCC)OCC)n3)n2)n1)CP(=O)(OCC)OCC)OCC. The van der Waals surface area contributed by atoms with Crippen LogP contribution in [0.1, 0.15) is 66.8 Å². The van der Waals surface area contributed by atoms with Crippen molar-refractivity contribution in [3.63, 3.8) is 0 Å². The molecule has 0 amide bonds. The fraction of sp³-hybridized carbons (Fsp3) is 0.667. The fourth-order valence-electron chi connectivity index (χ4n) is 5.63. The van der Waals surface area contributed by atoms with Gasteiger partial charge in [0.25, 0.3) is 0 Å². The summed E-state index contributed by atoms with van der Waals surface area (Å²) in [5.41, 5.74) is 1.10. The zero-order valence-electron chi connectivity index (χ0n) is 34.1. The Hall–Kier alpha value is -1.43. The topological polar surface area (TPSA) is 197 Å². The van der Waals surface area contributed by atoms with Gasteiger partial charge in [0.1, 0.15) is 25.1 Å². The van der Waals surface area contributed by atoms with Gasteiger partial charge in [0.15, 0.2) is 11.6 Å². The van der Waals surface area contributed by atoms with Gasteiger partial charge in [-0.15, -0.1) is 0 Å². The number of rotatable bonds is 30. The van der Waals surface area contributed by atoms with Crippen LogP contribution in [0, 0.1) is 0 Å². The third-order valence-electron chi connectivity index (χ3n) is 7.39. The zero-order chi connectivity index (χ0) is 42.1. The quantitative estimate of drug-likeness (QED) is 0.0575. The maximum absolute atomic E-state index is 13.6. The van der Waals surface area contributed by atoms with Gasteiger partial charge in [-0.3, -0.25) is 28.1 Å². The van der Waals surface area contributed by atoms with Crippen LogP contribution >= 0.6 is 46.3 Å². The van der Waals surface area contributed by atoms with Crippen molar-refractivity contribution >= 4 is 46.3 Å². The van der Waals surface area contributed by atoms with Gasteiger partial charge >= 0.3 is 30.4 Å². The molecule has 0 N–H and O–H groups in total. The largest absolute Gasteiger partial charge is 0.344 e. The number of aromatic nitrogens is 5. The molecule has 3 aromatic rings. The molecule has 324 valence electrons. The molecule has 0 aliphatic rings. The predicted octanol–water partition coefficient (Wildman–Crippen LogP) is 8.71. The van der Waals surface area contributed by atoms with Crippen molar-refractivity contribution in [1.29, 1.82) is 0 Å².